The lowest BCUT2D eigenvalue weighted by Crippen LogP contribution is -2.16. The third kappa shape index (κ3) is 2.42. The number of ether oxygens (including phenoxy) is 1. The number of hydrogen-bond acceptors (Lipinski definition) is 2. The van der Waals surface area contributed by atoms with Gasteiger partial charge in [-0.25, -0.2) is 4.39 Å². The van der Waals surface area contributed by atoms with Gasteiger partial charge in [0.15, 0.2) is 0 Å². The standard InChI is InChI=1S/C21H20FN3O/c1-13-8-17(2-3-18(13)22)25-20(14-4-6-26-7-5-14)10-15-9-19-16(11-21(15)25)12-23-24-19/h2-3,8-12,14H,4-7H2,1H3,(H,23,24). The highest BCUT2D eigenvalue weighted by Crippen LogP contribution is 2.36. The molecule has 0 amide bonds. The van der Waals surface area contributed by atoms with Crippen LogP contribution in [0.2, 0.25) is 0 Å². The molecule has 0 saturated carbocycles. The van der Waals surface area contributed by atoms with Crippen molar-refractivity contribution >= 4 is 21.8 Å². The van der Waals surface area contributed by atoms with Gasteiger partial charge in [0.05, 0.1) is 17.2 Å². The van der Waals surface area contributed by atoms with Crippen LogP contribution in [0.3, 0.4) is 0 Å². The number of fused-ring (bicyclic) bond motifs is 2. The van der Waals surface area contributed by atoms with E-state index < -0.39 is 0 Å². The van der Waals surface area contributed by atoms with Crippen LogP contribution < -0.4 is 0 Å². The average molecular weight is 349 g/mol. The second-order valence-corrected chi connectivity index (χ2v) is 7.09. The van der Waals surface area contributed by atoms with Crippen LogP contribution in [0.5, 0.6) is 0 Å². The van der Waals surface area contributed by atoms with E-state index in [0.29, 0.717) is 11.5 Å². The Labute approximate surface area is 150 Å². The number of aromatic amines is 1. The normalized spacial score (nSPS) is 15.9. The first-order chi connectivity index (χ1) is 12.7. The Kier molecular flexibility index (Phi) is 3.57. The van der Waals surface area contributed by atoms with Crippen LogP contribution >= 0.6 is 0 Å². The number of aryl methyl sites for hydroxylation is 1. The van der Waals surface area contributed by atoms with Gasteiger partial charge in [-0.15, -0.1) is 0 Å². The van der Waals surface area contributed by atoms with Crippen molar-refractivity contribution in [3.8, 4) is 5.69 Å². The molecule has 1 fully saturated rings. The van der Waals surface area contributed by atoms with Crippen molar-refractivity contribution in [2.75, 3.05) is 13.2 Å². The minimum atomic E-state index is -0.171. The van der Waals surface area contributed by atoms with Crippen LogP contribution in [0.15, 0.2) is 42.6 Å². The zero-order valence-corrected chi connectivity index (χ0v) is 14.6. The van der Waals surface area contributed by atoms with Crippen LogP contribution in [0, 0.1) is 12.7 Å². The fourth-order valence-electron chi connectivity index (χ4n) is 4.02. The molecule has 1 aliphatic heterocycles. The lowest BCUT2D eigenvalue weighted by Gasteiger charge is -2.24. The molecule has 1 N–H and O–H groups in total. The van der Waals surface area contributed by atoms with E-state index >= 15 is 0 Å². The largest absolute Gasteiger partial charge is 0.381 e. The fourth-order valence-corrected chi connectivity index (χ4v) is 4.02. The van der Waals surface area contributed by atoms with Crippen LogP contribution in [-0.2, 0) is 4.74 Å². The quantitative estimate of drug-likeness (QED) is 0.562. The van der Waals surface area contributed by atoms with Gasteiger partial charge in [-0.05, 0) is 61.7 Å². The number of aromatic nitrogens is 3. The van der Waals surface area contributed by atoms with Gasteiger partial charge in [-0.3, -0.25) is 5.10 Å². The summed E-state index contributed by atoms with van der Waals surface area (Å²) in [5, 5.41) is 9.44. The summed E-state index contributed by atoms with van der Waals surface area (Å²) in [6.07, 6.45) is 3.86. The molecule has 5 rings (SSSR count). The van der Waals surface area contributed by atoms with Crippen molar-refractivity contribution in [1.29, 1.82) is 0 Å². The van der Waals surface area contributed by atoms with Crippen molar-refractivity contribution in [2.45, 2.75) is 25.7 Å². The number of H-pyrrole nitrogens is 1. The molecule has 2 aromatic carbocycles. The molecule has 1 aliphatic rings. The summed E-state index contributed by atoms with van der Waals surface area (Å²) in [4.78, 5) is 0. The summed E-state index contributed by atoms with van der Waals surface area (Å²) < 4.78 is 21.7. The maximum absolute atomic E-state index is 13.8. The van der Waals surface area contributed by atoms with Crippen LogP contribution in [0.25, 0.3) is 27.5 Å². The van der Waals surface area contributed by atoms with Gasteiger partial charge in [0.25, 0.3) is 0 Å². The molecule has 2 aromatic heterocycles. The zero-order valence-electron chi connectivity index (χ0n) is 14.6. The number of hydrogen-bond donors (Lipinski definition) is 1. The molecule has 0 bridgehead atoms. The molecule has 0 atom stereocenters. The number of halogens is 1. The van der Waals surface area contributed by atoms with Crippen molar-refractivity contribution in [3.63, 3.8) is 0 Å². The van der Waals surface area contributed by atoms with E-state index in [2.05, 4.69) is 33.0 Å². The Bertz CT molecular complexity index is 1110. The molecule has 4 nitrogen and oxygen atoms in total. The molecular formula is C21H20FN3O. The minimum absolute atomic E-state index is 0.171. The van der Waals surface area contributed by atoms with Gasteiger partial charge >= 0.3 is 0 Å². The molecule has 0 spiro atoms. The SMILES string of the molecule is Cc1cc(-n2c(C3CCOCC3)cc3cc4[nH]ncc4cc32)ccc1F. The Morgan fingerprint density at radius 2 is 1.96 bits per heavy atom. The van der Waals surface area contributed by atoms with E-state index in [9.17, 15) is 4.39 Å². The molecule has 132 valence electrons. The van der Waals surface area contributed by atoms with Crippen LogP contribution in [0.1, 0.15) is 30.0 Å². The average Bonchev–Trinajstić information content (AvgIpc) is 3.26. The molecule has 0 aliphatic carbocycles. The van der Waals surface area contributed by atoms with Crippen LogP contribution in [-0.4, -0.2) is 28.0 Å². The molecule has 1 saturated heterocycles. The summed E-state index contributed by atoms with van der Waals surface area (Å²) in [5.41, 5.74) is 5.10. The van der Waals surface area contributed by atoms with Crippen molar-refractivity contribution in [1.82, 2.24) is 14.8 Å². The highest BCUT2D eigenvalue weighted by Gasteiger charge is 2.22. The topological polar surface area (TPSA) is 42.8 Å². The highest BCUT2D eigenvalue weighted by molar-refractivity contribution is 5.96. The molecular weight excluding hydrogens is 329 g/mol. The lowest BCUT2D eigenvalue weighted by molar-refractivity contribution is 0.0842. The Morgan fingerprint density at radius 1 is 1.12 bits per heavy atom. The Hall–Kier alpha value is -2.66. The van der Waals surface area contributed by atoms with Gasteiger partial charge in [0.2, 0.25) is 0 Å². The van der Waals surface area contributed by atoms with Gasteiger partial charge in [-0.2, -0.15) is 5.10 Å². The predicted octanol–water partition coefficient (Wildman–Crippen LogP) is 4.85. The predicted molar refractivity (Wildman–Crippen MR) is 100 cm³/mol. The molecule has 3 heterocycles. The number of benzene rings is 2. The van der Waals surface area contributed by atoms with Gasteiger partial charge in [0, 0.05) is 41.3 Å². The lowest BCUT2D eigenvalue weighted by atomic mass is 9.96. The van der Waals surface area contributed by atoms with E-state index in [1.165, 1.54) is 11.1 Å². The van der Waals surface area contributed by atoms with E-state index in [-0.39, 0.29) is 5.82 Å². The first kappa shape index (κ1) is 15.6. The number of nitrogens with one attached hydrogen (secondary N) is 1. The van der Waals surface area contributed by atoms with Gasteiger partial charge < -0.3 is 9.30 Å². The smallest absolute Gasteiger partial charge is 0.126 e. The van der Waals surface area contributed by atoms with E-state index in [1.54, 1.807) is 6.07 Å². The third-order valence-corrected chi connectivity index (χ3v) is 5.43. The van der Waals surface area contributed by atoms with Crippen molar-refractivity contribution < 1.29 is 9.13 Å². The van der Waals surface area contributed by atoms with Gasteiger partial charge in [-0.1, -0.05) is 0 Å². The second-order valence-electron chi connectivity index (χ2n) is 7.09. The maximum atomic E-state index is 13.8. The minimum Gasteiger partial charge on any atom is -0.381 e. The third-order valence-electron chi connectivity index (χ3n) is 5.43. The van der Waals surface area contributed by atoms with E-state index in [0.717, 1.165) is 48.2 Å². The summed E-state index contributed by atoms with van der Waals surface area (Å²) in [7, 11) is 0. The molecule has 0 unspecified atom stereocenters. The molecule has 4 aromatic rings. The monoisotopic (exact) mass is 349 g/mol. The van der Waals surface area contributed by atoms with Crippen molar-refractivity contribution in [3.05, 3.63) is 59.7 Å². The fraction of sp³-hybridized carbons (Fsp3) is 0.286. The summed E-state index contributed by atoms with van der Waals surface area (Å²) in [6, 6.07) is 11.9. The summed E-state index contributed by atoms with van der Waals surface area (Å²) in [6.45, 7) is 3.39. The van der Waals surface area contributed by atoms with Crippen LogP contribution in [0.4, 0.5) is 4.39 Å². The maximum Gasteiger partial charge on any atom is 0.126 e. The first-order valence-corrected chi connectivity index (χ1v) is 9.03. The molecule has 0 radical (unpaired) electrons. The molecule has 5 heteroatoms. The summed E-state index contributed by atoms with van der Waals surface area (Å²) in [5.74, 6) is 0.271. The number of nitrogens with zero attached hydrogens (tertiary/aromatic N) is 2. The van der Waals surface area contributed by atoms with Crippen molar-refractivity contribution in [2.24, 2.45) is 0 Å². The second kappa shape index (κ2) is 5.95. The van der Waals surface area contributed by atoms with E-state index in [4.69, 9.17) is 4.74 Å². The van der Waals surface area contributed by atoms with Gasteiger partial charge in [0.1, 0.15) is 5.82 Å². The molecule has 26 heavy (non-hydrogen) atoms. The highest BCUT2D eigenvalue weighted by atomic mass is 19.1. The Morgan fingerprint density at radius 3 is 2.77 bits per heavy atom. The summed E-state index contributed by atoms with van der Waals surface area (Å²) >= 11 is 0. The van der Waals surface area contributed by atoms with E-state index in [1.807, 2.05) is 25.3 Å². The first-order valence-electron chi connectivity index (χ1n) is 9.03. The zero-order chi connectivity index (χ0) is 17.7. The number of rotatable bonds is 2. The Balaban J connectivity index is 1.79.